The maximum atomic E-state index is 12.5. The molecule has 2 heterocycles. The van der Waals surface area contributed by atoms with Crippen molar-refractivity contribution in [2.24, 2.45) is 0 Å². The number of benzene rings is 2. The van der Waals surface area contributed by atoms with Crippen LogP contribution in [-0.4, -0.2) is 49.4 Å². The zero-order valence-electron chi connectivity index (χ0n) is 17.4. The van der Waals surface area contributed by atoms with E-state index in [9.17, 15) is 9.59 Å². The summed E-state index contributed by atoms with van der Waals surface area (Å²) >= 11 is 0. The number of rotatable bonds is 7. The van der Waals surface area contributed by atoms with E-state index in [1.54, 1.807) is 0 Å². The molecule has 1 saturated heterocycles. The van der Waals surface area contributed by atoms with Gasteiger partial charge in [0.25, 0.3) is 0 Å². The fourth-order valence-corrected chi connectivity index (χ4v) is 4.18. The van der Waals surface area contributed by atoms with Gasteiger partial charge in [0.1, 0.15) is 6.04 Å². The summed E-state index contributed by atoms with van der Waals surface area (Å²) in [5, 5.41) is 6.36. The summed E-state index contributed by atoms with van der Waals surface area (Å²) in [6.07, 6.45) is 3.15. The lowest BCUT2D eigenvalue weighted by Crippen LogP contribution is -2.40. The average molecular weight is 408 g/mol. The number of nitrogens with two attached hydrogens (primary N) is 1. The third kappa shape index (κ3) is 4.35. The topological polar surface area (TPSA) is 90.7 Å². The molecule has 1 atom stereocenters. The quantitative estimate of drug-likeness (QED) is 0.614. The summed E-state index contributed by atoms with van der Waals surface area (Å²) in [5.74, 6) is 0.206. The second-order valence-electron chi connectivity index (χ2n) is 8.09. The van der Waals surface area contributed by atoms with Crippen molar-refractivity contribution in [2.75, 3.05) is 47.9 Å². The van der Waals surface area contributed by atoms with Crippen LogP contribution in [0.2, 0.25) is 0 Å². The third-order valence-electron chi connectivity index (χ3n) is 5.86. The number of nitrogens with one attached hydrogen (secondary N) is 2. The van der Waals surface area contributed by atoms with Crippen molar-refractivity contribution in [1.29, 1.82) is 0 Å². The van der Waals surface area contributed by atoms with Crippen molar-refractivity contribution in [3.05, 3.63) is 48.0 Å². The molecule has 0 bridgehead atoms. The largest absolute Gasteiger partial charge is 0.397 e. The van der Waals surface area contributed by atoms with E-state index in [-0.39, 0.29) is 17.9 Å². The maximum Gasteiger partial charge on any atom is 0.247 e. The second kappa shape index (κ2) is 8.65. The Labute approximate surface area is 177 Å². The molecule has 0 saturated carbocycles. The van der Waals surface area contributed by atoms with Crippen LogP contribution in [0.25, 0.3) is 0 Å². The molecule has 1 fully saturated rings. The summed E-state index contributed by atoms with van der Waals surface area (Å²) in [4.78, 5) is 28.4. The van der Waals surface area contributed by atoms with Gasteiger partial charge in [0.15, 0.2) is 0 Å². The van der Waals surface area contributed by atoms with E-state index < -0.39 is 0 Å². The van der Waals surface area contributed by atoms with Crippen molar-refractivity contribution in [3.8, 4) is 0 Å². The van der Waals surface area contributed by atoms with Gasteiger partial charge < -0.3 is 26.2 Å². The van der Waals surface area contributed by atoms with Crippen LogP contribution in [0.1, 0.15) is 24.8 Å². The molecule has 4 N–H and O–H groups in total. The zero-order valence-corrected chi connectivity index (χ0v) is 17.4. The summed E-state index contributed by atoms with van der Waals surface area (Å²) in [5.41, 5.74) is 10.5. The molecule has 2 aliphatic rings. The van der Waals surface area contributed by atoms with Crippen LogP contribution in [0.15, 0.2) is 42.5 Å². The van der Waals surface area contributed by atoms with Gasteiger partial charge in [0.05, 0.1) is 22.7 Å². The van der Waals surface area contributed by atoms with E-state index in [1.165, 1.54) is 0 Å². The molecule has 2 amide bonds. The lowest BCUT2D eigenvalue weighted by Gasteiger charge is -2.30. The minimum atomic E-state index is -0.331. The number of carbonyl (C=O) groups is 2. The smallest absolute Gasteiger partial charge is 0.247 e. The van der Waals surface area contributed by atoms with E-state index >= 15 is 0 Å². The highest BCUT2D eigenvalue weighted by Gasteiger charge is 2.27. The minimum absolute atomic E-state index is 0.0536. The molecule has 0 spiro atoms. The van der Waals surface area contributed by atoms with Crippen LogP contribution in [-0.2, 0) is 16.0 Å². The predicted octanol–water partition coefficient (Wildman–Crippen LogP) is 2.69. The Morgan fingerprint density at radius 2 is 1.97 bits per heavy atom. The second-order valence-corrected chi connectivity index (χ2v) is 8.09. The number of amides is 2. The molecule has 0 aromatic heterocycles. The number of fused-ring (bicyclic) bond motifs is 1. The van der Waals surface area contributed by atoms with Gasteiger partial charge in [0, 0.05) is 39.5 Å². The predicted molar refractivity (Wildman–Crippen MR) is 121 cm³/mol. The Morgan fingerprint density at radius 3 is 2.70 bits per heavy atom. The molecular weight excluding hydrogens is 378 g/mol. The van der Waals surface area contributed by atoms with Gasteiger partial charge in [-0.1, -0.05) is 30.3 Å². The van der Waals surface area contributed by atoms with E-state index in [4.69, 9.17) is 5.73 Å². The summed E-state index contributed by atoms with van der Waals surface area (Å²) < 4.78 is 0. The number of likely N-dealkylation sites (tertiary alicyclic amines) is 1. The molecule has 2 aromatic rings. The fourth-order valence-electron chi connectivity index (χ4n) is 4.18. The first-order valence-corrected chi connectivity index (χ1v) is 10.5. The van der Waals surface area contributed by atoms with Gasteiger partial charge in [0.2, 0.25) is 11.8 Å². The number of carbonyl (C=O) groups excluding carboxylic acids is 2. The monoisotopic (exact) mass is 407 g/mol. The highest BCUT2D eigenvalue weighted by Crippen LogP contribution is 2.36. The van der Waals surface area contributed by atoms with E-state index in [0.717, 1.165) is 49.4 Å². The van der Waals surface area contributed by atoms with Gasteiger partial charge in [-0.2, -0.15) is 0 Å². The van der Waals surface area contributed by atoms with Gasteiger partial charge in [-0.15, -0.1) is 0 Å². The lowest BCUT2D eigenvalue weighted by atomic mass is 10.0. The Balaban J connectivity index is 1.42. The number of hydrogen-bond acceptors (Lipinski definition) is 5. The number of nitrogen functional groups attached to an aromatic ring is 1. The average Bonchev–Trinajstić information content (AvgIpc) is 3.14. The van der Waals surface area contributed by atoms with Crippen LogP contribution in [0.4, 0.5) is 22.7 Å². The standard InChI is InChI=1S/C23H29N5O2/c1-27(10-6-12-28-11-5-9-22(28)29)21-15-19-18(14-17(21)24)26-23(30)20(25-19)13-16-7-3-2-4-8-16/h2-4,7-8,14-15,20,25H,5-6,9-13,24H2,1H3,(H,26,30). The normalized spacial score (nSPS) is 18.0. The van der Waals surface area contributed by atoms with Crippen LogP contribution < -0.4 is 21.3 Å². The van der Waals surface area contributed by atoms with Crippen molar-refractivity contribution < 1.29 is 9.59 Å². The van der Waals surface area contributed by atoms with Gasteiger partial charge >= 0.3 is 0 Å². The molecule has 158 valence electrons. The molecule has 7 heteroatoms. The molecule has 2 aromatic carbocycles. The Hall–Kier alpha value is -3.22. The molecule has 1 unspecified atom stereocenters. The minimum Gasteiger partial charge on any atom is -0.397 e. The van der Waals surface area contributed by atoms with Crippen molar-refractivity contribution in [2.45, 2.75) is 31.7 Å². The molecule has 7 nitrogen and oxygen atoms in total. The highest BCUT2D eigenvalue weighted by atomic mass is 16.2. The molecule has 30 heavy (non-hydrogen) atoms. The molecular formula is C23H29N5O2. The van der Waals surface area contributed by atoms with Crippen molar-refractivity contribution in [3.63, 3.8) is 0 Å². The van der Waals surface area contributed by atoms with Gasteiger partial charge in [-0.05, 0) is 30.5 Å². The zero-order chi connectivity index (χ0) is 21.1. The van der Waals surface area contributed by atoms with Crippen molar-refractivity contribution in [1.82, 2.24) is 4.90 Å². The summed E-state index contributed by atoms with van der Waals surface area (Å²) in [7, 11) is 2.01. The summed E-state index contributed by atoms with van der Waals surface area (Å²) in [6.45, 7) is 2.45. The van der Waals surface area contributed by atoms with Gasteiger partial charge in [-0.25, -0.2) is 0 Å². The first-order valence-electron chi connectivity index (χ1n) is 10.5. The SMILES string of the molecule is CN(CCCN1CCCC1=O)c1cc2c(cc1N)NC(=O)C(Cc1ccccc1)N2. The van der Waals surface area contributed by atoms with Crippen molar-refractivity contribution >= 4 is 34.6 Å². The lowest BCUT2D eigenvalue weighted by molar-refractivity contribution is -0.127. The molecule has 0 aliphatic carbocycles. The number of hydrogen-bond donors (Lipinski definition) is 3. The molecule has 0 radical (unpaired) electrons. The summed E-state index contributed by atoms with van der Waals surface area (Å²) in [6, 6.07) is 13.5. The van der Waals surface area contributed by atoms with Crippen LogP contribution in [0, 0.1) is 0 Å². The van der Waals surface area contributed by atoms with Crippen LogP contribution in [0.5, 0.6) is 0 Å². The fraction of sp³-hybridized carbons (Fsp3) is 0.391. The van der Waals surface area contributed by atoms with E-state index in [0.29, 0.717) is 24.2 Å². The number of anilines is 4. The maximum absolute atomic E-state index is 12.5. The van der Waals surface area contributed by atoms with Gasteiger partial charge in [-0.3, -0.25) is 9.59 Å². The van der Waals surface area contributed by atoms with Crippen LogP contribution in [0.3, 0.4) is 0 Å². The van der Waals surface area contributed by atoms with E-state index in [2.05, 4.69) is 15.5 Å². The first-order chi connectivity index (χ1) is 14.5. The van der Waals surface area contributed by atoms with Crippen LogP contribution >= 0.6 is 0 Å². The third-order valence-corrected chi connectivity index (χ3v) is 5.86. The first kappa shape index (κ1) is 20.1. The molecule has 2 aliphatic heterocycles. The molecule has 4 rings (SSSR count). The number of nitrogens with zero attached hydrogens (tertiary/aromatic N) is 2. The Bertz CT molecular complexity index is 931. The Morgan fingerprint density at radius 1 is 1.17 bits per heavy atom. The van der Waals surface area contributed by atoms with E-state index in [1.807, 2.05) is 54.4 Å². The highest BCUT2D eigenvalue weighted by molar-refractivity contribution is 6.04. The Kier molecular flexibility index (Phi) is 5.79.